The van der Waals surface area contributed by atoms with E-state index < -0.39 is 10.0 Å². The molecule has 0 radical (unpaired) electrons. The van der Waals surface area contributed by atoms with Gasteiger partial charge in [0.1, 0.15) is 11.3 Å². The number of hydrogen-bond donors (Lipinski definition) is 1. The van der Waals surface area contributed by atoms with Crippen molar-refractivity contribution in [2.45, 2.75) is 51.1 Å². The molecule has 7 heteroatoms. The number of rotatable bonds is 8. The second-order valence-electron chi connectivity index (χ2n) is 6.24. The molecule has 0 atom stereocenters. The topological polar surface area (TPSA) is 76.9 Å². The Hall–Kier alpha value is -2.25. The van der Waals surface area contributed by atoms with Crippen LogP contribution in [0.2, 0.25) is 0 Å². The van der Waals surface area contributed by atoms with Crippen LogP contribution < -0.4 is 4.72 Å². The molecule has 1 aromatic carbocycles. The van der Waals surface area contributed by atoms with Gasteiger partial charge in [-0.25, -0.2) is 23.1 Å². The molecule has 3 rings (SSSR count). The number of benzene rings is 1. The highest BCUT2D eigenvalue weighted by molar-refractivity contribution is 7.89. The van der Waals surface area contributed by atoms with Crippen molar-refractivity contribution in [3.05, 3.63) is 54.0 Å². The minimum Gasteiger partial charge on any atom is -0.312 e. The maximum absolute atomic E-state index is 12.6. The Morgan fingerprint density at radius 2 is 1.85 bits per heavy atom. The Labute approximate surface area is 154 Å². The summed E-state index contributed by atoms with van der Waals surface area (Å²) in [6.45, 7) is 5.05. The number of imidazole rings is 1. The molecule has 1 N–H and O–H groups in total. The molecule has 138 valence electrons. The lowest BCUT2D eigenvalue weighted by Gasteiger charge is -2.09. The molecule has 6 nitrogen and oxygen atoms in total. The fraction of sp³-hybridized carbons (Fsp3) is 0.368. The van der Waals surface area contributed by atoms with Crippen molar-refractivity contribution in [2.75, 3.05) is 0 Å². The maximum Gasteiger partial charge on any atom is 0.240 e. The molecular weight excluding hydrogens is 348 g/mol. The summed E-state index contributed by atoms with van der Waals surface area (Å²) < 4.78 is 29.8. The third kappa shape index (κ3) is 3.94. The zero-order valence-electron chi connectivity index (χ0n) is 15.1. The van der Waals surface area contributed by atoms with Gasteiger partial charge in [0.05, 0.1) is 11.4 Å². The zero-order valence-corrected chi connectivity index (χ0v) is 16.0. The molecule has 0 unspecified atom stereocenters. The second kappa shape index (κ2) is 7.97. The summed E-state index contributed by atoms with van der Waals surface area (Å²) in [6, 6.07) is 10.8. The van der Waals surface area contributed by atoms with Gasteiger partial charge in [0.25, 0.3) is 0 Å². The van der Waals surface area contributed by atoms with E-state index in [4.69, 9.17) is 0 Å². The van der Waals surface area contributed by atoms with Gasteiger partial charge in [0.2, 0.25) is 10.0 Å². The maximum atomic E-state index is 12.6. The SMILES string of the molecule is CCCc1ccc(S(=O)(=O)NCc2nc3cccnc3n2CCC)cc1. The Balaban J connectivity index is 1.81. The summed E-state index contributed by atoms with van der Waals surface area (Å²) >= 11 is 0. The third-order valence-corrected chi connectivity index (χ3v) is 5.64. The molecule has 0 spiro atoms. The molecule has 0 bridgehead atoms. The lowest BCUT2D eigenvalue weighted by Crippen LogP contribution is -2.25. The zero-order chi connectivity index (χ0) is 18.6. The predicted molar refractivity (Wildman–Crippen MR) is 102 cm³/mol. The van der Waals surface area contributed by atoms with Gasteiger partial charge in [-0.1, -0.05) is 32.4 Å². The highest BCUT2D eigenvalue weighted by Gasteiger charge is 2.17. The minimum atomic E-state index is -3.58. The number of aryl methyl sites for hydroxylation is 2. The highest BCUT2D eigenvalue weighted by Crippen LogP contribution is 2.16. The molecule has 2 heterocycles. The molecule has 2 aromatic heterocycles. The number of nitrogens with one attached hydrogen (secondary N) is 1. The van der Waals surface area contributed by atoms with Crippen molar-refractivity contribution in [3.8, 4) is 0 Å². The van der Waals surface area contributed by atoms with Crippen molar-refractivity contribution < 1.29 is 8.42 Å². The van der Waals surface area contributed by atoms with Gasteiger partial charge in [-0.2, -0.15) is 0 Å². The van der Waals surface area contributed by atoms with Gasteiger partial charge in [-0.05, 0) is 42.7 Å². The fourth-order valence-electron chi connectivity index (χ4n) is 2.97. The Kier molecular flexibility index (Phi) is 5.68. The summed E-state index contributed by atoms with van der Waals surface area (Å²) in [4.78, 5) is 9.19. The third-order valence-electron chi connectivity index (χ3n) is 4.22. The summed E-state index contributed by atoms with van der Waals surface area (Å²) in [6.07, 6.45) is 4.62. The summed E-state index contributed by atoms with van der Waals surface area (Å²) in [5.74, 6) is 0.673. The number of aromatic nitrogens is 3. The van der Waals surface area contributed by atoms with Crippen LogP contribution in [0, 0.1) is 0 Å². The van der Waals surface area contributed by atoms with Crippen LogP contribution in [0.4, 0.5) is 0 Å². The lowest BCUT2D eigenvalue weighted by atomic mass is 10.1. The second-order valence-corrected chi connectivity index (χ2v) is 8.01. The van der Waals surface area contributed by atoms with E-state index in [0.717, 1.165) is 42.5 Å². The van der Waals surface area contributed by atoms with Crippen molar-refractivity contribution in [2.24, 2.45) is 0 Å². The molecule has 0 fully saturated rings. The van der Waals surface area contributed by atoms with Crippen LogP contribution in [0.15, 0.2) is 47.5 Å². The van der Waals surface area contributed by atoms with E-state index in [1.165, 1.54) is 0 Å². The molecular formula is C19H24N4O2S. The van der Waals surface area contributed by atoms with Crippen molar-refractivity contribution >= 4 is 21.2 Å². The van der Waals surface area contributed by atoms with Crippen molar-refractivity contribution in [1.29, 1.82) is 0 Å². The molecule has 0 aliphatic carbocycles. The van der Waals surface area contributed by atoms with Gasteiger partial charge in [0, 0.05) is 12.7 Å². The van der Waals surface area contributed by atoms with Crippen LogP contribution in [-0.2, 0) is 29.5 Å². The molecule has 0 saturated carbocycles. The molecule has 0 saturated heterocycles. The lowest BCUT2D eigenvalue weighted by molar-refractivity contribution is 0.573. The van der Waals surface area contributed by atoms with Gasteiger partial charge in [0.15, 0.2) is 5.65 Å². The molecule has 0 aliphatic rings. The summed E-state index contributed by atoms with van der Waals surface area (Å²) in [5, 5.41) is 0. The first kappa shape index (κ1) is 18.5. The number of sulfonamides is 1. The van der Waals surface area contributed by atoms with Gasteiger partial charge in [-0.3, -0.25) is 0 Å². The average Bonchev–Trinajstić information content (AvgIpc) is 2.99. The number of fused-ring (bicyclic) bond motifs is 1. The Bertz CT molecular complexity index is 978. The predicted octanol–water partition coefficient (Wildman–Crippen LogP) is 3.27. The number of pyridine rings is 1. The first-order valence-electron chi connectivity index (χ1n) is 8.94. The Morgan fingerprint density at radius 1 is 1.08 bits per heavy atom. The molecule has 0 aliphatic heterocycles. The van der Waals surface area contributed by atoms with Crippen molar-refractivity contribution in [3.63, 3.8) is 0 Å². The molecule has 3 aromatic rings. The van der Waals surface area contributed by atoms with Crippen molar-refractivity contribution in [1.82, 2.24) is 19.3 Å². The normalized spacial score (nSPS) is 11.9. The smallest absolute Gasteiger partial charge is 0.240 e. The molecule has 0 amide bonds. The standard InChI is InChI=1S/C19H24N4O2S/c1-3-6-15-8-10-16(11-9-15)26(24,25)21-14-18-22-17-7-5-12-20-19(17)23(18)13-4-2/h5,7-12,21H,3-4,6,13-14H2,1-2H3. The minimum absolute atomic E-state index is 0.134. The Morgan fingerprint density at radius 3 is 2.54 bits per heavy atom. The van der Waals surface area contributed by atoms with Crippen LogP contribution in [0.5, 0.6) is 0 Å². The van der Waals surface area contributed by atoms with E-state index in [-0.39, 0.29) is 11.4 Å². The van der Waals surface area contributed by atoms with E-state index in [0.29, 0.717) is 5.82 Å². The largest absolute Gasteiger partial charge is 0.312 e. The van der Waals surface area contributed by atoms with Gasteiger partial charge < -0.3 is 4.57 Å². The van der Waals surface area contributed by atoms with Gasteiger partial charge >= 0.3 is 0 Å². The van der Waals surface area contributed by atoms with Crippen LogP contribution in [-0.4, -0.2) is 23.0 Å². The summed E-state index contributed by atoms with van der Waals surface area (Å²) in [7, 11) is -3.58. The number of hydrogen-bond acceptors (Lipinski definition) is 4. The highest BCUT2D eigenvalue weighted by atomic mass is 32.2. The summed E-state index contributed by atoms with van der Waals surface area (Å²) in [5.41, 5.74) is 2.70. The van der Waals surface area contributed by atoms with E-state index in [1.807, 2.05) is 28.8 Å². The first-order chi connectivity index (χ1) is 12.5. The van der Waals surface area contributed by atoms with Crippen LogP contribution >= 0.6 is 0 Å². The van der Waals surface area contributed by atoms with Gasteiger partial charge in [-0.15, -0.1) is 0 Å². The van der Waals surface area contributed by atoms with E-state index in [9.17, 15) is 8.42 Å². The monoisotopic (exact) mass is 372 g/mol. The van der Waals surface area contributed by atoms with Crippen LogP contribution in [0.3, 0.4) is 0 Å². The van der Waals surface area contributed by atoms with E-state index in [1.54, 1.807) is 18.3 Å². The molecule has 26 heavy (non-hydrogen) atoms. The fourth-order valence-corrected chi connectivity index (χ4v) is 3.95. The average molecular weight is 372 g/mol. The van der Waals surface area contributed by atoms with E-state index in [2.05, 4.69) is 28.5 Å². The van der Waals surface area contributed by atoms with E-state index >= 15 is 0 Å². The van der Waals surface area contributed by atoms with Crippen LogP contribution in [0.1, 0.15) is 38.1 Å². The number of nitrogens with zero attached hydrogens (tertiary/aromatic N) is 3. The van der Waals surface area contributed by atoms with Crippen LogP contribution in [0.25, 0.3) is 11.2 Å². The quantitative estimate of drug-likeness (QED) is 0.658. The first-order valence-corrected chi connectivity index (χ1v) is 10.4.